The molecule has 4 aromatic rings. The zero-order chi connectivity index (χ0) is 41.8. The Kier molecular flexibility index (Phi) is 10.5. The van der Waals surface area contributed by atoms with E-state index in [-0.39, 0.29) is 47.8 Å². The molecule has 3 saturated heterocycles. The Hall–Kier alpha value is -5.88. The molecule has 15 nitrogen and oxygen atoms in total. The monoisotopic (exact) mass is 816 g/mol. The summed E-state index contributed by atoms with van der Waals surface area (Å²) in [5.41, 5.74) is 3.34. The quantitative estimate of drug-likeness (QED) is 0.160. The number of nitrogens with zero attached hydrogens (tertiary/aromatic N) is 4. The van der Waals surface area contributed by atoms with Crippen LogP contribution in [0.2, 0.25) is 0 Å². The number of H-pyrrole nitrogens is 2. The molecule has 4 amide bonds. The summed E-state index contributed by atoms with van der Waals surface area (Å²) in [5.74, 6) is 8.83. The summed E-state index contributed by atoms with van der Waals surface area (Å²) < 4.78 is 15.2. The molecule has 2 aliphatic carbocycles. The number of amides is 4. The number of imidazole rings is 2. The lowest BCUT2D eigenvalue weighted by Gasteiger charge is -2.35. The standard InChI is InChI=1S/C45H52N8O7/c1-23(2)37(50-44(56)58-4)42(54)53-36(20-32-24(3)39(32)53)41-47-22-33(49-41)29-10-9-27-16-25(6-8-28(27)17-29)7-11-31-21-46-40(48-31)35-19-30-18-34(30)52(35)43(55)38(51-45(57)59-5)26-12-14-60-15-13-26/h6,8-10,16-17,21-24,26,30,32,34-39H,12-15,18-20H2,1-5H3,(H,46,48)(H,47,49)(H,50,56)(H,51,57)/t24-,30-,32?,34-,35+,36+,37?,38?,39?/m1/s1. The lowest BCUT2D eigenvalue weighted by atomic mass is 9.90. The van der Waals surface area contributed by atoms with Crippen LogP contribution in [0.3, 0.4) is 0 Å². The van der Waals surface area contributed by atoms with Gasteiger partial charge in [-0.2, -0.15) is 0 Å². The van der Waals surface area contributed by atoms with E-state index in [2.05, 4.69) is 74.7 Å². The van der Waals surface area contributed by atoms with Crippen molar-refractivity contribution in [2.24, 2.45) is 29.6 Å². The van der Waals surface area contributed by atoms with Gasteiger partial charge >= 0.3 is 12.2 Å². The van der Waals surface area contributed by atoms with Crippen molar-refractivity contribution in [1.29, 1.82) is 0 Å². The summed E-state index contributed by atoms with van der Waals surface area (Å²) in [6, 6.07) is 10.8. The summed E-state index contributed by atoms with van der Waals surface area (Å²) in [6.07, 6.45) is 6.29. The van der Waals surface area contributed by atoms with Gasteiger partial charge in [0.2, 0.25) is 11.8 Å². The maximum absolute atomic E-state index is 14.1. The molecule has 15 heteroatoms. The molecule has 0 radical (unpaired) electrons. The van der Waals surface area contributed by atoms with E-state index >= 15 is 0 Å². The zero-order valence-electron chi connectivity index (χ0n) is 34.6. The number of benzene rings is 2. The fourth-order valence-electron chi connectivity index (χ4n) is 9.97. The molecule has 9 atom stereocenters. The highest BCUT2D eigenvalue weighted by molar-refractivity contribution is 5.89. The van der Waals surface area contributed by atoms with Crippen LogP contribution in [-0.2, 0) is 23.8 Å². The lowest BCUT2D eigenvalue weighted by Crippen LogP contribution is -2.54. The number of piperidine rings is 2. The molecule has 4 unspecified atom stereocenters. The third-order valence-electron chi connectivity index (χ3n) is 13.4. The Morgan fingerprint density at radius 1 is 0.833 bits per heavy atom. The number of likely N-dealkylation sites (tertiary alicyclic amines) is 2. The number of hydrogen-bond donors (Lipinski definition) is 4. The van der Waals surface area contributed by atoms with Gasteiger partial charge in [0.05, 0.1) is 44.4 Å². The smallest absolute Gasteiger partial charge is 0.407 e. The molecule has 5 heterocycles. The molecule has 5 fully saturated rings. The van der Waals surface area contributed by atoms with Gasteiger partial charge in [-0.25, -0.2) is 19.6 Å². The van der Waals surface area contributed by atoms with Crippen LogP contribution in [0.15, 0.2) is 48.8 Å². The van der Waals surface area contributed by atoms with Crippen LogP contribution in [-0.4, -0.2) is 105 Å². The van der Waals surface area contributed by atoms with Gasteiger partial charge in [0.15, 0.2) is 0 Å². The van der Waals surface area contributed by atoms with E-state index in [4.69, 9.17) is 19.2 Å². The summed E-state index contributed by atoms with van der Waals surface area (Å²) >= 11 is 0. The van der Waals surface area contributed by atoms with Gasteiger partial charge in [0.25, 0.3) is 0 Å². The number of ether oxygens (including phenoxy) is 3. The second-order valence-electron chi connectivity index (χ2n) is 17.4. The second kappa shape index (κ2) is 15.9. The van der Waals surface area contributed by atoms with E-state index in [0.29, 0.717) is 55.3 Å². The highest BCUT2D eigenvalue weighted by atomic mass is 16.5. The lowest BCUT2D eigenvalue weighted by molar-refractivity contribution is -0.138. The van der Waals surface area contributed by atoms with E-state index in [0.717, 1.165) is 52.7 Å². The number of nitrogens with one attached hydrogen (secondary N) is 4. The number of carbonyl (C=O) groups is 4. The Labute approximate surface area is 348 Å². The number of aromatic nitrogens is 4. The van der Waals surface area contributed by atoms with Crippen LogP contribution in [0.4, 0.5) is 9.59 Å². The largest absolute Gasteiger partial charge is 0.453 e. The Balaban J connectivity index is 0.883. The molecule has 0 bridgehead atoms. The molecule has 3 aliphatic heterocycles. The molecule has 0 spiro atoms. The summed E-state index contributed by atoms with van der Waals surface area (Å²) in [7, 11) is 2.61. The highest BCUT2D eigenvalue weighted by Crippen LogP contribution is 2.58. The first-order valence-corrected chi connectivity index (χ1v) is 21.1. The van der Waals surface area contributed by atoms with Crippen molar-refractivity contribution in [2.45, 2.75) is 89.1 Å². The SMILES string of the molecule is COC(=O)NC(C(=O)N1C2C(C[C@H]1c1ncc(-c3ccc4cc(C#Cc5cnc([C@@H]6C[C@H]7C[C@H]7N6C(=O)C(NC(=O)OC)C6CCOCC6)[nH]5)ccc4c3)[nH]1)[C@H]2C)C(C)C. The first kappa shape index (κ1) is 39.6. The topological polar surface area (TPSA) is 184 Å². The second-order valence-corrected chi connectivity index (χ2v) is 17.4. The predicted octanol–water partition coefficient (Wildman–Crippen LogP) is 5.45. The molecule has 2 saturated carbocycles. The average molecular weight is 817 g/mol. The fourth-order valence-corrected chi connectivity index (χ4v) is 9.97. The van der Waals surface area contributed by atoms with Gasteiger partial charge in [-0.1, -0.05) is 44.9 Å². The van der Waals surface area contributed by atoms with Crippen LogP contribution in [0.1, 0.15) is 87.9 Å². The van der Waals surface area contributed by atoms with Crippen molar-refractivity contribution in [2.75, 3.05) is 27.4 Å². The normalized spacial score (nSPS) is 26.4. The molecule has 2 aromatic carbocycles. The van der Waals surface area contributed by atoms with Crippen LogP contribution < -0.4 is 10.6 Å². The minimum Gasteiger partial charge on any atom is -0.453 e. The first-order valence-electron chi connectivity index (χ1n) is 21.1. The Morgan fingerprint density at radius 3 is 2.30 bits per heavy atom. The van der Waals surface area contributed by atoms with Crippen molar-refractivity contribution in [1.82, 2.24) is 40.4 Å². The van der Waals surface area contributed by atoms with Gasteiger partial charge in [-0.3, -0.25) is 9.59 Å². The number of fused-ring (bicyclic) bond motifs is 3. The fraction of sp³-hybridized carbons (Fsp3) is 0.511. The maximum atomic E-state index is 14.1. The van der Waals surface area contributed by atoms with E-state index in [9.17, 15) is 19.2 Å². The van der Waals surface area contributed by atoms with E-state index < -0.39 is 24.3 Å². The van der Waals surface area contributed by atoms with Crippen LogP contribution >= 0.6 is 0 Å². The van der Waals surface area contributed by atoms with Crippen molar-refractivity contribution < 1.29 is 33.4 Å². The van der Waals surface area contributed by atoms with E-state index in [1.165, 1.54) is 14.2 Å². The summed E-state index contributed by atoms with van der Waals surface area (Å²) in [5, 5.41) is 7.67. The van der Waals surface area contributed by atoms with E-state index in [1.54, 1.807) is 6.20 Å². The number of alkyl carbamates (subject to hydrolysis) is 2. The number of hydrogen-bond acceptors (Lipinski definition) is 9. The van der Waals surface area contributed by atoms with Crippen molar-refractivity contribution in [3.05, 3.63) is 71.7 Å². The first-order chi connectivity index (χ1) is 29.0. The minimum atomic E-state index is -0.696. The molecular formula is C45H52N8O7. The van der Waals surface area contributed by atoms with Gasteiger partial charge in [-0.05, 0) is 96.6 Å². The van der Waals surface area contributed by atoms with Crippen molar-refractivity contribution >= 4 is 34.8 Å². The van der Waals surface area contributed by atoms with Gasteiger partial charge in [0, 0.05) is 36.4 Å². The number of methoxy groups -OCH3 is 2. The van der Waals surface area contributed by atoms with Crippen LogP contribution in [0.25, 0.3) is 22.0 Å². The molecular weight excluding hydrogens is 765 g/mol. The highest BCUT2D eigenvalue weighted by Gasteiger charge is 2.62. The average Bonchev–Trinajstić information content (AvgIpc) is 3.73. The molecule has 314 valence electrons. The van der Waals surface area contributed by atoms with Crippen molar-refractivity contribution in [3.63, 3.8) is 0 Å². The van der Waals surface area contributed by atoms with Crippen LogP contribution in [0.5, 0.6) is 0 Å². The third kappa shape index (κ3) is 7.46. The summed E-state index contributed by atoms with van der Waals surface area (Å²) in [4.78, 5) is 72.8. The molecule has 5 aliphatic rings. The van der Waals surface area contributed by atoms with Gasteiger partial charge < -0.3 is 44.6 Å². The number of rotatable bonds is 9. The number of aromatic amines is 2. The third-order valence-corrected chi connectivity index (χ3v) is 13.4. The molecule has 2 aromatic heterocycles. The van der Waals surface area contributed by atoms with Crippen LogP contribution in [0, 0.1) is 41.4 Å². The van der Waals surface area contributed by atoms with E-state index in [1.807, 2.05) is 35.9 Å². The molecule has 60 heavy (non-hydrogen) atoms. The van der Waals surface area contributed by atoms with Crippen molar-refractivity contribution in [3.8, 4) is 23.1 Å². The minimum absolute atomic E-state index is 0.0299. The molecule has 9 rings (SSSR count). The van der Waals surface area contributed by atoms with Gasteiger partial charge in [-0.15, -0.1) is 0 Å². The molecule has 4 N–H and O–H groups in total. The predicted molar refractivity (Wildman–Crippen MR) is 220 cm³/mol. The van der Waals surface area contributed by atoms with Gasteiger partial charge in [0.1, 0.15) is 29.4 Å². The number of carbonyl (C=O) groups excluding carboxylic acids is 4. The maximum Gasteiger partial charge on any atom is 0.407 e. The Bertz CT molecular complexity index is 2370. The summed E-state index contributed by atoms with van der Waals surface area (Å²) in [6.45, 7) is 7.13. The zero-order valence-corrected chi connectivity index (χ0v) is 34.6. The Morgan fingerprint density at radius 2 is 1.53 bits per heavy atom.